The van der Waals surface area contributed by atoms with Crippen molar-refractivity contribution < 1.29 is 42.6 Å². The second-order valence-corrected chi connectivity index (χ2v) is 9.34. The molecule has 1 aliphatic heterocycles. The standard InChI is InChI=1S/C27H28N4O4.C2HF3O2/c1-19-7-9-21(10-8-19)28-25(32)18-30-13-15-31(16-14-30)24-12-11-22(17-23(24)27(34)35)29-26(33)20-5-3-2-4-6-20;3-2(4,5)1(6)7/h2-12,17H,13-16,18H2,1H3,(H,28,32)(H,29,33)(H,34,35);(H,6,7). The Labute approximate surface area is 239 Å². The molecule has 1 heterocycles. The zero-order chi connectivity index (χ0) is 30.9. The summed E-state index contributed by atoms with van der Waals surface area (Å²) in [5, 5.41) is 22.6. The van der Waals surface area contributed by atoms with Gasteiger partial charge in [0.1, 0.15) is 0 Å². The maximum atomic E-state index is 12.4. The van der Waals surface area contributed by atoms with Gasteiger partial charge < -0.3 is 25.7 Å². The number of carboxylic acids is 2. The van der Waals surface area contributed by atoms with E-state index in [9.17, 15) is 32.7 Å². The molecule has 10 nitrogen and oxygen atoms in total. The number of hydrogen-bond donors (Lipinski definition) is 4. The van der Waals surface area contributed by atoms with Crippen LogP contribution in [-0.2, 0) is 9.59 Å². The molecule has 0 aliphatic carbocycles. The van der Waals surface area contributed by atoms with Crippen LogP contribution in [0.4, 0.5) is 30.2 Å². The van der Waals surface area contributed by atoms with Crippen molar-refractivity contribution in [3.8, 4) is 0 Å². The molecule has 0 atom stereocenters. The van der Waals surface area contributed by atoms with Crippen LogP contribution in [0, 0.1) is 6.92 Å². The molecule has 4 N–H and O–H groups in total. The van der Waals surface area contributed by atoms with Crippen LogP contribution in [0.3, 0.4) is 0 Å². The van der Waals surface area contributed by atoms with E-state index in [0.29, 0.717) is 43.1 Å². The van der Waals surface area contributed by atoms with E-state index in [-0.39, 0.29) is 23.9 Å². The van der Waals surface area contributed by atoms with Gasteiger partial charge in [-0.3, -0.25) is 14.5 Å². The number of hydrogen-bond acceptors (Lipinski definition) is 6. The first kappa shape index (κ1) is 31.6. The number of anilines is 3. The molecule has 1 fully saturated rings. The van der Waals surface area contributed by atoms with Gasteiger partial charge in [-0.2, -0.15) is 13.2 Å². The summed E-state index contributed by atoms with van der Waals surface area (Å²) in [6.07, 6.45) is -5.08. The normalized spacial score (nSPS) is 13.4. The van der Waals surface area contributed by atoms with E-state index in [1.165, 1.54) is 6.07 Å². The SMILES string of the molecule is Cc1ccc(NC(=O)CN2CCN(c3ccc(NC(=O)c4ccccc4)cc3C(=O)O)CC2)cc1.O=C(O)C(F)(F)F. The molecular weight excluding hydrogens is 557 g/mol. The van der Waals surface area contributed by atoms with Gasteiger partial charge in [0.05, 0.1) is 17.8 Å². The number of carboxylic acid groups (broad SMARTS) is 2. The summed E-state index contributed by atoms with van der Waals surface area (Å²) in [7, 11) is 0. The minimum Gasteiger partial charge on any atom is -0.478 e. The molecule has 1 saturated heterocycles. The van der Waals surface area contributed by atoms with Gasteiger partial charge in [0.2, 0.25) is 5.91 Å². The second-order valence-electron chi connectivity index (χ2n) is 9.34. The number of carbonyl (C=O) groups is 4. The van der Waals surface area contributed by atoms with Crippen molar-refractivity contribution in [2.75, 3.05) is 48.3 Å². The number of amides is 2. The Hall–Kier alpha value is -4.91. The lowest BCUT2D eigenvalue weighted by atomic mass is 10.1. The van der Waals surface area contributed by atoms with Gasteiger partial charge in [0, 0.05) is 43.1 Å². The summed E-state index contributed by atoms with van der Waals surface area (Å²) in [6, 6.07) is 21.3. The molecule has 0 unspecified atom stereocenters. The smallest absolute Gasteiger partial charge is 0.478 e. The Morgan fingerprint density at radius 3 is 1.93 bits per heavy atom. The summed E-state index contributed by atoms with van der Waals surface area (Å²) in [5.74, 6) is -4.19. The number of alkyl halides is 3. The van der Waals surface area contributed by atoms with E-state index in [0.717, 1.165) is 11.3 Å². The van der Waals surface area contributed by atoms with Crippen molar-refractivity contribution in [2.45, 2.75) is 13.1 Å². The maximum Gasteiger partial charge on any atom is 0.490 e. The fourth-order valence-corrected chi connectivity index (χ4v) is 4.04. The predicted molar refractivity (Wildman–Crippen MR) is 150 cm³/mol. The molecule has 3 aromatic rings. The molecule has 42 heavy (non-hydrogen) atoms. The Balaban J connectivity index is 0.000000616. The zero-order valence-corrected chi connectivity index (χ0v) is 22.5. The van der Waals surface area contributed by atoms with Crippen LogP contribution in [0.15, 0.2) is 72.8 Å². The van der Waals surface area contributed by atoms with Crippen molar-refractivity contribution >= 4 is 40.8 Å². The number of aromatic carboxylic acids is 1. The number of rotatable bonds is 7. The highest BCUT2D eigenvalue weighted by atomic mass is 19.4. The lowest BCUT2D eigenvalue weighted by molar-refractivity contribution is -0.192. The van der Waals surface area contributed by atoms with Gasteiger partial charge in [-0.1, -0.05) is 35.9 Å². The largest absolute Gasteiger partial charge is 0.490 e. The van der Waals surface area contributed by atoms with Crippen molar-refractivity contribution in [2.24, 2.45) is 0 Å². The number of piperazine rings is 1. The first-order chi connectivity index (χ1) is 19.8. The molecule has 13 heteroatoms. The third-order valence-corrected chi connectivity index (χ3v) is 6.18. The van der Waals surface area contributed by atoms with Crippen molar-refractivity contribution in [3.05, 3.63) is 89.5 Å². The molecular formula is C29H29F3N4O6. The maximum absolute atomic E-state index is 12.4. The topological polar surface area (TPSA) is 139 Å². The van der Waals surface area contributed by atoms with Gasteiger partial charge in [0.25, 0.3) is 5.91 Å². The fraction of sp³-hybridized carbons (Fsp3) is 0.241. The van der Waals surface area contributed by atoms with E-state index < -0.39 is 18.1 Å². The zero-order valence-electron chi connectivity index (χ0n) is 22.5. The van der Waals surface area contributed by atoms with Crippen LogP contribution < -0.4 is 15.5 Å². The average molecular weight is 587 g/mol. The van der Waals surface area contributed by atoms with Gasteiger partial charge in [-0.05, 0) is 49.4 Å². The molecule has 3 aromatic carbocycles. The minimum atomic E-state index is -5.08. The quantitative estimate of drug-likeness (QED) is 0.321. The summed E-state index contributed by atoms with van der Waals surface area (Å²) in [4.78, 5) is 49.8. The fourth-order valence-electron chi connectivity index (χ4n) is 4.04. The second kappa shape index (κ2) is 14.1. The molecule has 4 rings (SSSR count). The van der Waals surface area contributed by atoms with Gasteiger partial charge in [-0.25, -0.2) is 9.59 Å². The number of carbonyl (C=O) groups excluding carboxylic acids is 2. The third-order valence-electron chi connectivity index (χ3n) is 6.18. The lowest BCUT2D eigenvalue weighted by Crippen LogP contribution is -2.49. The highest BCUT2D eigenvalue weighted by Gasteiger charge is 2.38. The van der Waals surface area contributed by atoms with E-state index in [2.05, 4.69) is 15.5 Å². The molecule has 0 bridgehead atoms. The van der Waals surface area contributed by atoms with Crippen LogP contribution in [0.2, 0.25) is 0 Å². The van der Waals surface area contributed by atoms with Crippen LogP contribution in [0.1, 0.15) is 26.3 Å². The monoisotopic (exact) mass is 586 g/mol. The molecule has 0 aromatic heterocycles. The molecule has 2 amide bonds. The Kier molecular flexibility index (Phi) is 10.6. The minimum absolute atomic E-state index is 0.0768. The first-order valence-corrected chi connectivity index (χ1v) is 12.7. The van der Waals surface area contributed by atoms with Gasteiger partial charge in [0.15, 0.2) is 0 Å². The highest BCUT2D eigenvalue weighted by molar-refractivity contribution is 6.05. The highest BCUT2D eigenvalue weighted by Crippen LogP contribution is 2.26. The summed E-state index contributed by atoms with van der Waals surface area (Å²) >= 11 is 0. The van der Waals surface area contributed by atoms with Crippen LogP contribution in [-0.4, -0.2) is 77.8 Å². The Morgan fingerprint density at radius 1 is 0.810 bits per heavy atom. The molecule has 222 valence electrons. The van der Waals surface area contributed by atoms with Crippen LogP contribution in [0.5, 0.6) is 0 Å². The number of nitrogens with zero attached hydrogens (tertiary/aromatic N) is 2. The molecule has 0 radical (unpaired) electrons. The first-order valence-electron chi connectivity index (χ1n) is 12.7. The lowest BCUT2D eigenvalue weighted by Gasteiger charge is -2.36. The van der Waals surface area contributed by atoms with Crippen LogP contribution >= 0.6 is 0 Å². The molecule has 0 spiro atoms. The average Bonchev–Trinajstić information content (AvgIpc) is 2.95. The van der Waals surface area contributed by atoms with Crippen molar-refractivity contribution in [1.82, 2.24) is 4.90 Å². The number of nitrogens with one attached hydrogen (secondary N) is 2. The Morgan fingerprint density at radius 2 is 1.38 bits per heavy atom. The number of benzene rings is 3. The summed E-state index contributed by atoms with van der Waals surface area (Å²) in [5.41, 5.74) is 3.54. The van der Waals surface area contributed by atoms with Crippen molar-refractivity contribution in [1.29, 1.82) is 0 Å². The Bertz CT molecular complexity index is 1410. The molecule has 0 saturated carbocycles. The number of aryl methyl sites for hydroxylation is 1. The summed E-state index contributed by atoms with van der Waals surface area (Å²) in [6.45, 7) is 4.72. The predicted octanol–water partition coefficient (Wildman–Crippen LogP) is 4.34. The van der Waals surface area contributed by atoms with Gasteiger partial charge >= 0.3 is 18.1 Å². The number of halogens is 3. The van der Waals surface area contributed by atoms with E-state index in [1.807, 2.05) is 42.2 Å². The van der Waals surface area contributed by atoms with E-state index >= 15 is 0 Å². The summed E-state index contributed by atoms with van der Waals surface area (Å²) < 4.78 is 31.7. The van der Waals surface area contributed by atoms with Crippen molar-refractivity contribution in [3.63, 3.8) is 0 Å². The van der Waals surface area contributed by atoms with E-state index in [1.54, 1.807) is 36.4 Å². The van der Waals surface area contributed by atoms with E-state index in [4.69, 9.17) is 9.90 Å². The molecule has 1 aliphatic rings. The third kappa shape index (κ3) is 9.34. The number of aliphatic carboxylic acids is 1. The van der Waals surface area contributed by atoms with Gasteiger partial charge in [-0.15, -0.1) is 0 Å². The van der Waals surface area contributed by atoms with Crippen LogP contribution in [0.25, 0.3) is 0 Å².